The van der Waals surface area contributed by atoms with Crippen molar-refractivity contribution >= 4 is 43.7 Å². The van der Waals surface area contributed by atoms with Crippen LogP contribution in [-0.2, 0) is 0 Å². The van der Waals surface area contributed by atoms with Gasteiger partial charge in [-0.1, -0.05) is 152 Å². The molecule has 56 heavy (non-hydrogen) atoms. The van der Waals surface area contributed by atoms with E-state index in [0.29, 0.717) is 17.5 Å². The average Bonchev–Trinajstić information content (AvgIpc) is 3.83. The van der Waals surface area contributed by atoms with Gasteiger partial charge in [-0.05, 0) is 64.7 Å². The second kappa shape index (κ2) is 13.0. The zero-order chi connectivity index (χ0) is 37.0. The SMILES string of the molecule is c1ccc(-c2ccc(-c3nc(-c4ccc(-c5ccccc5)cc4)nc(-c4ccc5oc6c(ccc7c8ccccc8n(-c8ccccc8)c76)c5c4)n3)cc2)cc1. The standard InChI is InChI=1S/C51H32N4O/c1-4-12-33(13-5-1)35-20-24-37(25-21-35)49-52-50(38-26-22-36(23-27-38)34-14-6-2-7-15-34)54-51(53-49)39-28-31-46-44(32-39)43-30-29-42-41-18-10-11-19-45(41)55(47(42)48(43)56-46)40-16-8-3-9-17-40/h1-32H. The second-order valence-electron chi connectivity index (χ2n) is 14.0. The van der Waals surface area contributed by atoms with Crippen LogP contribution in [0.2, 0.25) is 0 Å². The van der Waals surface area contributed by atoms with Crippen molar-refractivity contribution in [3.63, 3.8) is 0 Å². The quantitative estimate of drug-likeness (QED) is 0.172. The highest BCUT2D eigenvalue weighted by Gasteiger charge is 2.20. The summed E-state index contributed by atoms with van der Waals surface area (Å²) in [5.74, 6) is 1.82. The lowest BCUT2D eigenvalue weighted by atomic mass is 10.0. The molecule has 3 aromatic heterocycles. The number of furan rings is 1. The third-order valence-corrected chi connectivity index (χ3v) is 10.7. The Kier molecular flexibility index (Phi) is 7.42. The molecular weight excluding hydrogens is 685 g/mol. The van der Waals surface area contributed by atoms with Crippen LogP contribution in [0.3, 0.4) is 0 Å². The van der Waals surface area contributed by atoms with Crippen LogP contribution < -0.4 is 0 Å². The number of hydrogen-bond donors (Lipinski definition) is 0. The van der Waals surface area contributed by atoms with Crippen LogP contribution in [-0.4, -0.2) is 19.5 Å². The van der Waals surface area contributed by atoms with Gasteiger partial charge < -0.3 is 8.98 Å². The van der Waals surface area contributed by atoms with Crippen LogP contribution in [0.5, 0.6) is 0 Å². The van der Waals surface area contributed by atoms with Crippen molar-refractivity contribution in [2.75, 3.05) is 0 Å². The fourth-order valence-electron chi connectivity index (χ4n) is 7.91. The van der Waals surface area contributed by atoms with E-state index in [1.165, 1.54) is 5.39 Å². The molecule has 0 aliphatic rings. The van der Waals surface area contributed by atoms with Crippen LogP contribution >= 0.6 is 0 Å². The molecule has 0 aliphatic carbocycles. The maximum atomic E-state index is 6.76. The van der Waals surface area contributed by atoms with Crippen LogP contribution in [0.1, 0.15) is 0 Å². The number of rotatable bonds is 6. The van der Waals surface area contributed by atoms with E-state index in [-0.39, 0.29) is 0 Å². The Morgan fingerprint density at radius 3 is 1.41 bits per heavy atom. The maximum Gasteiger partial charge on any atom is 0.164 e. The van der Waals surface area contributed by atoms with Gasteiger partial charge in [0.1, 0.15) is 5.58 Å². The zero-order valence-corrected chi connectivity index (χ0v) is 30.2. The van der Waals surface area contributed by atoms with Gasteiger partial charge in [0, 0.05) is 43.9 Å². The van der Waals surface area contributed by atoms with E-state index in [1.54, 1.807) is 0 Å². The molecule has 0 spiro atoms. The van der Waals surface area contributed by atoms with Crippen LogP contribution in [0.4, 0.5) is 0 Å². The summed E-state index contributed by atoms with van der Waals surface area (Å²) in [6.07, 6.45) is 0. The molecule has 5 heteroatoms. The molecule has 262 valence electrons. The molecule has 0 amide bonds. The average molecular weight is 717 g/mol. The summed E-state index contributed by atoms with van der Waals surface area (Å²) in [7, 11) is 0. The summed E-state index contributed by atoms with van der Waals surface area (Å²) >= 11 is 0. The molecule has 11 rings (SSSR count). The summed E-state index contributed by atoms with van der Waals surface area (Å²) in [5.41, 5.74) is 12.3. The fourth-order valence-corrected chi connectivity index (χ4v) is 7.91. The first kappa shape index (κ1) is 31.9. The number of para-hydroxylation sites is 2. The minimum absolute atomic E-state index is 0.597. The molecule has 3 heterocycles. The number of hydrogen-bond acceptors (Lipinski definition) is 4. The number of aromatic nitrogens is 4. The molecule has 0 fully saturated rings. The van der Waals surface area contributed by atoms with Gasteiger partial charge in [0.25, 0.3) is 0 Å². The van der Waals surface area contributed by atoms with Crippen molar-refractivity contribution in [1.29, 1.82) is 0 Å². The van der Waals surface area contributed by atoms with Crippen LogP contribution in [0, 0.1) is 0 Å². The topological polar surface area (TPSA) is 56.7 Å². The Morgan fingerprint density at radius 2 is 0.804 bits per heavy atom. The van der Waals surface area contributed by atoms with Crippen LogP contribution in [0.15, 0.2) is 199 Å². The Bertz CT molecular complexity index is 3100. The van der Waals surface area contributed by atoms with E-state index in [1.807, 2.05) is 24.3 Å². The van der Waals surface area contributed by atoms with E-state index in [4.69, 9.17) is 19.4 Å². The Morgan fingerprint density at radius 1 is 0.339 bits per heavy atom. The maximum absolute atomic E-state index is 6.76. The van der Waals surface area contributed by atoms with Crippen LogP contribution in [0.25, 0.3) is 106 Å². The Labute approximate surface area is 322 Å². The van der Waals surface area contributed by atoms with E-state index >= 15 is 0 Å². The van der Waals surface area contributed by atoms with E-state index in [9.17, 15) is 0 Å². The third kappa shape index (κ3) is 5.37. The molecule has 11 aromatic rings. The highest BCUT2D eigenvalue weighted by Crippen LogP contribution is 2.41. The molecule has 5 nitrogen and oxygen atoms in total. The van der Waals surface area contributed by atoms with E-state index in [0.717, 1.165) is 83.0 Å². The van der Waals surface area contributed by atoms with Gasteiger partial charge >= 0.3 is 0 Å². The molecule has 0 bridgehead atoms. The number of nitrogens with zero attached hydrogens (tertiary/aromatic N) is 4. The van der Waals surface area contributed by atoms with Crippen molar-refractivity contribution < 1.29 is 4.42 Å². The first-order valence-electron chi connectivity index (χ1n) is 18.8. The zero-order valence-electron chi connectivity index (χ0n) is 30.2. The monoisotopic (exact) mass is 716 g/mol. The van der Waals surface area contributed by atoms with Crippen molar-refractivity contribution in [2.45, 2.75) is 0 Å². The van der Waals surface area contributed by atoms with Crippen molar-refractivity contribution in [3.8, 4) is 62.1 Å². The third-order valence-electron chi connectivity index (χ3n) is 10.7. The molecule has 0 aliphatic heterocycles. The largest absolute Gasteiger partial charge is 0.454 e. The molecular formula is C51H32N4O. The van der Waals surface area contributed by atoms with E-state index in [2.05, 4.69) is 174 Å². The lowest BCUT2D eigenvalue weighted by Gasteiger charge is -2.10. The Balaban J connectivity index is 1.07. The predicted molar refractivity (Wildman–Crippen MR) is 229 cm³/mol. The van der Waals surface area contributed by atoms with Crippen molar-refractivity contribution in [3.05, 3.63) is 194 Å². The first-order chi connectivity index (χ1) is 27.7. The van der Waals surface area contributed by atoms with Gasteiger partial charge in [0.15, 0.2) is 23.1 Å². The summed E-state index contributed by atoms with van der Waals surface area (Å²) in [6, 6.07) is 67.3. The lowest BCUT2D eigenvalue weighted by molar-refractivity contribution is 0.671. The molecule has 0 N–H and O–H groups in total. The van der Waals surface area contributed by atoms with Crippen molar-refractivity contribution in [2.24, 2.45) is 0 Å². The molecule has 0 radical (unpaired) electrons. The first-order valence-corrected chi connectivity index (χ1v) is 18.8. The normalized spacial score (nSPS) is 11.6. The van der Waals surface area contributed by atoms with Gasteiger partial charge in [0.05, 0.1) is 11.0 Å². The highest BCUT2D eigenvalue weighted by molar-refractivity contribution is 6.21. The summed E-state index contributed by atoms with van der Waals surface area (Å²) in [6.45, 7) is 0. The van der Waals surface area contributed by atoms with E-state index < -0.39 is 0 Å². The molecule has 0 atom stereocenters. The van der Waals surface area contributed by atoms with Gasteiger partial charge in [-0.25, -0.2) is 15.0 Å². The van der Waals surface area contributed by atoms with Gasteiger partial charge in [-0.3, -0.25) is 0 Å². The number of benzene rings is 8. The summed E-state index contributed by atoms with van der Waals surface area (Å²) in [5, 5.41) is 4.39. The van der Waals surface area contributed by atoms with Gasteiger partial charge in [-0.15, -0.1) is 0 Å². The summed E-state index contributed by atoms with van der Waals surface area (Å²) < 4.78 is 9.07. The second-order valence-corrected chi connectivity index (χ2v) is 14.0. The molecule has 0 unspecified atom stereocenters. The Hall–Kier alpha value is -7.63. The fraction of sp³-hybridized carbons (Fsp3) is 0. The molecule has 8 aromatic carbocycles. The minimum Gasteiger partial charge on any atom is -0.454 e. The molecule has 0 saturated heterocycles. The van der Waals surface area contributed by atoms with Gasteiger partial charge in [-0.2, -0.15) is 0 Å². The smallest absolute Gasteiger partial charge is 0.164 e. The predicted octanol–water partition coefficient (Wildman–Crippen LogP) is 13.2. The van der Waals surface area contributed by atoms with Gasteiger partial charge in [0.2, 0.25) is 0 Å². The lowest BCUT2D eigenvalue weighted by Crippen LogP contribution is -2.00. The number of fused-ring (bicyclic) bond motifs is 7. The summed E-state index contributed by atoms with van der Waals surface area (Å²) in [4.78, 5) is 15.3. The molecule has 0 saturated carbocycles. The minimum atomic E-state index is 0.597. The van der Waals surface area contributed by atoms with Crippen molar-refractivity contribution in [1.82, 2.24) is 19.5 Å². The highest BCUT2D eigenvalue weighted by atomic mass is 16.3.